The van der Waals surface area contributed by atoms with Gasteiger partial charge >= 0.3 is 0 Å². The number of carbonyl (C=O) groups excluding carboxylic acids is 2. The monoisotopic (exact) mass is 275 g/mol. The van der Waals surface area contributed by atoms with E-state index in [1.165, 1.54) is 37.3 Å². The molecule has 2 aromatic carbocycles. The van der Waals surface area contributed by atoms with Crippen molar-refractivity contribution in [2.24, 2.45) is 0 Å². The van der Waals surface area contributed by atoms with Crippen LogP contribution in [-0.2, 0) is 0 Å². The van der Waals surface area contributed by atoms with E-state index < -0.39 is 17.5 Å². The molecule has 1 N–H and O–H groups in total. The van der Waals surface area contributed by atoms with Crippen molar-refractivity contribution >= 4 is 17.4 Å². The third-order valence-electron chi connectivity index (χ3n) is 2.71. The van der Waals surface area contributed by atoms with Gasteiger partial charge in [-0.05, 0) is 43.3 Å². The number of benzene rings is 2. The Morgan fingerprint density at radius 2 is 1.75 bits per heavy atom. The van der Waals surface area contributed by atoms with Crippen LogP contribution >= 0.6 is 0 Å². The van der Waals surface area contributed by atoms with Gasteiger partial charge in [0.05, 0.1) is 5.69 Å². The summed E-state index contributed by atoms with van der Waals surface area (Å²) in [6.45, 7) is 1.34. The number of hydrogen-bond acceptors (Lipinski definition) is 2. The molecule has 2 aromatic rings. The minimum absolute atomic E-state index is 0.0672. The van der Waals surface area contributed by atoms with Crippen molar-refractivity contribution in [3.8, 4) is 0 Å². The first-order valence-electron chi connectivity index (χ1n) is 5.85. The summed E-state index contributed by atoms with van der Waals surface area (Å²) < 4.78 is 26.6. The van der Waals surface area contributed by atoms with E-state index in [9.17, 15) is 18.4 Å². The lowest BCUT2D eigenvalue weighted by atomic mass is 10.1. The molecule has 3 nitrogen and oxygen atoms in total. The molecule has 0 heterocycles. The van der Waals surface area contributed by atoms with Gasteiger partial charge in [-0.1, -0.05) is 6.07 Å². The van der Waals surface area contributed by atoms with Crippen molar-refractivity contribution in [2.75, 3.05) is 5.32 Å². The number of hydrogen-bond donors (Lipinski definition) is 1. The second-order valence-electron chi connectivity index (χ2n) is 4.22. The molecule has 0 aliphatic carbocycles. The maximum Gasteiger partial charge on any atom is 0.255 e. The third kappa shape index (κ3) is 3.06. The van der Waals surface area contributed by atoms with Gasteiger partial charge in [-0.25, -0.2) is 8.78 Å². The number of carbonyl (C=O) groups is 2. The molecule has 0 unspecified atom stereocenters. The smallest absolute Gasteiger partial charge is 0.255 e. The van der Waals surface area contributed by atoms with E-state index in [0.29, 0.717) is 0 Å². The van der Waals surface area contributed by atoms with E-state index in [2.05, 4.69) is 5.32 Å². The maximum absolute atomic E-state index is 13.6. The fourth-order valence-corrected chi connectivity index (χ4v) is 1.66. The highest BCUT2D eigenvalue weighted by atomic mass is 19.1. The molecule has 0 aliphatic rings. The summed E-state index contributed by atoms with van der Waals surface area (Å²) in [4.78, 5) is 23.1. The van der Waals surface area contributed by atoms with Gasteiger partial charge < -0.3 is 5.32 Å². The van der Waals surface area contributed by atoms with Gasteiger partial charge in [0.1, 0.15) is 11.6 Å². The van der Waals surface area contributed by atoms with Crippen LogP contribution in [0.15, 0.2) is 42.5 Å². The van der Waals surface area contributed by atoms with Gasteiger partial charge in [-0.3, -0.25) is 9.59 Å². The maximum atomic E-state index is 13.6. The van der Waals surface area contributed by atoms with Gasteiger partial charge in [-0.15, -0.1) is 0 Å². The van der Waals surface area contributed by atoms with E-state index in [1.54, 1.807) is 0 Å². The summed E-state index contributed by atoms with van der Waals surface area (Å²) in [5.41, 5.74) is 0.227. The Morgan fingerprint density at radius 1 is 1.00 bits per heavy atom. The topological polar surface area (TPSA) is 46.2 Å². The van der Waals surface area contributed by atoms with Gasteiger partial charge in [0.15, 0.2) is 5.78 Å². The predicted octanol–water partition coefficient (Wildman–Crippen LogP) is 3.42. The van der Waals surface area contributed by atoms with Crippen molar-refractivity contribution < 1.29 is 18.4 Å². The quantitative estimate of drug-likeness (QED) is 0.872. The van der Waals surface area contributed by atoms with Crippen LogP contribution in [0, 0.1) is 11.6 Å². The molecule has 2 rings (SSSR count). The zero-order chi connectivity index (χ0) is 14.7. The van der Waals surface area contributed by atoms with E-state index in [1.807, 2.05) is 0 Å². The Kier molecular flexibility index (Phi) is 3.89. The van der Waals surface area contributed by atoms with E-state index in [0.717, 1.165) is 12.1 Å². The zero-order valence-electron chi connectivity index (χ0n) is 10.6. The Labute approximate surface area is 114 Å². The summed E-state index contributed by atoms with van der Waals surface area (Å²) in [6, 6.07) is 8.70. The molecular formula is C15H11F2NO2. The van der Waals surface area contributed by atoms with Crippen molar-refractivity contribution in [1.29, 1.82) is 0 Å². The number of amides is 1. The SMILES string of the molecule is CC(=O)c1ccc(F)c(NC(=O)c2cccc(F)c2)c1. The molecule has 20 heavy (non-hydrogen) atoms. The highest BCUT2D eigenvalue weighted by Gasteiger charge is 2.11. The van der Waals surface area contributed by atoms with Crippen LogP contribution in [-0.4, -0.2) is 11.7 Å². The molecule has 0 saturated carbocycles. The van der Waals surface area contributed by atoms with Crippen LogP contribution in [0.4, 0.5) is 14.5 Å². The van der Waals surface area contributed by atoms with Crippen molar-refractivity contribution in [2.45, 2.75) is 6.92 Å². The number of ketones is 1. The Hall–Kier alpha value is -2.56. The molecule has 0 aromatic heterocycles. The van der Waals surface area contributed by atoms with Crippen LogP contribution in [0.3, 0.4) is 0 Å². The zero-order valence-corrected chi connectivity index (χ0v) is 10.6. The molecule has 0 atom stereocenters. The van der Waals surface area contributed by atoms with Gasteiger partial charge in [0.2, 0.25) is 0 Å². The molecule has 0 fully saturated rings. The second kappa shape index (κ2) is 5.61. The Balaban J connectivity index is 2.27. The fraction of sp³-hybridized carbons (Fsp3) is 0.0667. The first kappa shape index (κ1) is 13.9. The van der Waals surface area contributed by atoms with Gasteiger partial charge in [0, 0.05) is 11.1 Å². The van der Waals surface area contributed by atoms with E-state index in [-0.39, 0.29) is 22.6 Å². The molecule has 5 heteroatoms. The molecule has 0 saturated heterocycles. The largest absolute Gasteiger partial charge is 0.319 e. The van der Waals surface area contributed by atoms with Crippen molar-refractivity contribution in [3.05, 3.63) is 65.2 Å². The molecule has 0 aliphatic heterocycles. The van der Waals surface area contributed by atoms with Gasteiger partial charge in [0.25, 0.3) is 5.91 Å². The summed E-state index contributed by atoms with van der Waals surface area (Å²) >= 11 is 0. The van der Waals surface area contributed by atoms with Crippen molar-refractivity contribution in [3.63, 3.8) is 0 Å². The molecule has 0 radical (unpaired) electrons. The van der Waals surface area contributed by atoms with Crippen LogP contribution < -0.4 is 5.32 Å². The summed E-state index contributed by atoms with van der Waals surface area (Å²) in [6.07, 6.45) is 0. The summed E-state index contributed by atoms with van der Waals surface area (Å²) in [7, 11) is 0. The number of Topliss-reactive ketones (excluding diaryl/α,β-unsaturated/α-hetero) is 1. The van der Waals surface area contributed by atoms with E-state index in [4.69, 9.17) is 0 Å². The molecular weight excluding hydrogens is 264 g/mol. The number of halogens is 2. The Bertz CT molecular complexity index is 683. The average molecular weight is 275 g/mol. The summed E-state index contributed by atoms with van der Waals surface area (Å²) in [5.74, 6) is -2.12. The molecule has 1 amide bonds. The first-order valence-corrected chi connectivity index (χ1v) is 5.85. The summed E-state index contributed by atoms with van der Waals surface area (Å²) in [5, 5.41) is 2.32. The molecule has 0 spiro atoms. The van der Waals surface area contributed by atoms with Gasteiger partial charge in [-0.2, -0.15) is 0 Å². The lowest BCUT2D eigenvalue weighted by Gasteiger charge is -2.08. The number of rotatable bonds is 3. The second-order valence-corrected chi connectivity index (χ2v) is 4.22. The van der Waals surface area contributed by atoms with Crippen LogP contribution in [0.25, 0.3) is 0 Å². The van der Waals surface area contributed by atoms with Crippen LogP contribution in [0.1, 0.15) is 27.6 Å². The fourth-order valence-electron chi connectivity index (χ4n) is 1.66. The lowest BCUT2D eigenvalue weighted by molar-refractivity contribution is 0.101. The molecule has 102 valence electrons. The predicted molar refractivity (Wildman–Crippen MR) is 70.8 cm³/mol. The molecule has 0 bridgehead atoms. The minimum Gasteiger partial charge on any atom is -0.319 e. The highest BCUT2D eigenvalue weighted by molar-refractivity contribution is 6.05. The average Bonchev–Trinajstić information content (AvgIpc) is 2.41. The van der Waals surface area contributed by atoms with Crippen LogP contribution in [0.2, 0.25) is 0 Å². The Morgan fingerprint density at radius 3 is 2.40 bits per heavy atom. The highest BCUT2D eigenvalue weighted by Crippen LogP contribution is 2.18. The van der Waals surface area contributed by atoms with E-state index >= 15 is 0 Å². The first-order chi connectivity index (χ1) is 9.47. The third-order valence-corrected chi connectivity index (χ3v) is 2.71. The standard InChI is InChI=1S/C15H11F2NO2/c1-9(19)10-5-6-13(17)14(8-10)18-15(20)11-3-2-4-12(16)7-11/h2-8H,1H3,(H,18,20). The normalized spacial score (nSPS) is 10.2. The number of anilines is 1. The lowest BCUT2D eigenvalue weighted by Crippen LogP contribution is -2.13. The number of nitrogens with one attached hydrogen (secondary N) is 1. The van der Waals surface area contributed by atoms with Crippen LogP contribution in [0.5, 0.6) is 0 Å². The van der Waals surface area contributed by atoms with Crippen molar-refractivity contribution in [1.82, 2.24) is 0 Å². The minimum atomic E-state index is -0.667.